The summed E-state index contributed by atoms with van der Waals surface area (Å²) in [5, 5.41) is 3.36. The third kappa shape index (κ3) is 3.41. The van der Waals surface area contributed by atoms with Gasteiger partial charge in [-0.1, -0.05) is 24.3 Å². The van der Waals surface area contributed by atoms with Crippen molar-refractivity contribution in [1.29, 1.82) is 0 Å². The van der Waals surface area contributed by atoms with Crippen LogP contribution >= 0.6 is 11.6 Å². The van der Waals surface area contributed by atoms with Crippen LogP contribution < -0.4 is 10.1 Å². The van der Waals surface area contributed by atoms with E-state index in [0.29, 0.717) is 5.88 Å². The Morgan fingerprint density at radius 3 is 2.50 bits per heavy atom. The van der Waals surface area contributed by atoms with E-state index in [9.17, 15) is 0 Å². The summed E-state index contributed by atoms with van der Waals surface area (Å²) in [5.41, 5.74) is 3.41. The number of rotatable bonds is 5. The highest BCUT2D eigenvalue weighted by Gasteiger charge is 1.97. The van der Waals surface area contributed by atoms with Gasteiger partial charge >= 0.3 is 0 Å². The van der Waals surface area contributed by atoms with Crippen LogP contribution in [0.3, 0.4) is 0 Å². The van der Waals surface area contributed by atoms with Gasteiger partial charge in [0.2, 0.25) is 0 Å². The Morgan fingerprint density at radius 1 is 1.06 bits per heavy atom. The van der Waals surface area contributed by atoms with E-state index >= 15 is 0 Å². The molecule has 2 aromatic rings. The number of hydrogen-bond donors (Lipinski definition) is 1. The number of halogens is 1. The van der Waals surface area contributed by atoms with Crippen molar-refractivity contribution in [2.45, 2.75) is 12.4 Å². The summed E-state index contributed by atoms with van der Waals surface area (Å²) in [6, 6.07) is 16.2. The van der Waals surface area contributed by atoms with Gasteiger partial charge in [0.1, 0.15) is 5.75 Å². The first-order valence-corrected chi connectivity index (χ1v) is 6.37. The van der Waals surface area contributed by atoms with Crippen molar-refractivity contribution in [3.8, 4) is 5.75 Å². The fourth-order valence-electron chi connectivity index (χ4n) is 1.70. The maximum absolute atomic E-state index is 5.75. The second-order valence-corrected chi connectivity index (χ2v) is 4.30. The minimum absolute atomic E-state index is 0.552. The molecular weight excluding hydrogens is 246 g/mol. The molecule has 1 N–H and O–H groups in total. The molecule has 0 amide bonds. The molecule has 94 valence electrons. The SMILES string of the molecule is COc1cccc(CNc2ccc(CCl)cc2)c1. The highest BCUT2D eigenvalue weighted by Crippen LogP contribution is 2.15. The van der Waals surface area contributed by atoms with Crippen molar-refractivity contribution in [2.24, 2.45) is 0 Å². The molecule has 0 fully saturated rings. The lowest BCUT2D eigenvalue weighted by molar-refractivity contribution is 0.414. The van der Waals surface area contributed by atoms with Gasteiger partial charge < -0.3 is 10.1 Å². The van der Waals surface area contributed by atoms with Crippen LogP contribution in [0.15, 0.2) is 48.5 Å². The number of benzene rings is 2. The molecule has 0 unspecified atom stereocenters. The van der Waals surface area contributed by atoms with E-state index in [1.54, 1.807) is 7.11 Å². The molecule has 0 aromatic heterocycles. The maximum atomic E-state index is 5.75. The van der Waals surface area contributed by atoms with E-state index in [0.717, 1.165) is 23.5 Å². The molecule has 0 aliphatic rings. The quantitative estimate of drug-likeness (QED) is 0.820. The summed E-state index contributed by atoms with van der Waals surface area (Å²) >= 11 is 5.75. The zero-order valence-corrected chi connectivity index (χ0v) is 11.1. The van der Waals surface area contributed by atoms with E-state index in [1.807, 2.05) is 42.5 Å². The molecule has 0 spiro atoms. The lowest BCUT2D eigenvalue weighted by Gasteiger charge is -2.08. The summed E-state index contributed by atoms with van der Waals surface area (Å²) in [5.74, 6) is 1.43. The largest absolute Gasteiger partial charge is 0.497 e. The van der Waals surface area contributed by atoms with Crippen LogP contribution in [0, 0.1) is 0 Å². The number of anilines is 1. The second-order valence-electron chi connectivity index (χ2n) is 4.04. The number of hydrogen-bond acceptors (Lipinski definition) is 2. The first-order valence-electron chi connectivity index (χ1n) is 5.83. The minimum atomic E-state index is 0.552. The molecule has 18 heavy (non-hydrogen) atoms. The number of ether oxygens (including phenoxy) is 1. The second kappa shape index (κ2) is 6.31. The van der Waals surface area contributed by atoms with Crippen molar-refractivity contribution < 1.29 is 4.74 Å². The lowest BCUT2D eigenvalue weighted by atomic mass is 10.2. The number of nitrogens with one attached hydrogen (secondary N) is 1. The topological polar surface area (TPSA) is 21.3 Å². The van der Waals surface area contributed by atoms with Crippen molar-refractivity contribution in [2.75, 3.05) is 12.4 Å². The van der Waals surface area contributed by atoms with Crippen LogP contribution in [0.25, 0.3) is 0 Å². The Bertz CT molecular complexity index is 496. The molecule has 0 radical (unpaired) electrons. The first-order chi connectivity index (χ1) is 8.81. The Balaban J connectivity index is 1.97. The van der Waals surface area contributed by atoms with Crippen LogP contribution in [0.5, 0.6) is 5.75 Å². The minimum Gasteiger partial charge on any atom is -0.497 e. The molecular formula is C15H16ClNO. The van der Waals surface area contributed by atoms with E-state index < -0.39 is 0 Å². The van der Waals surface area contributed by atoms with Gasteiger partial charge in [0.25, 0.3) is 0 Å². The molecule has 3 heteroatoms. The summed E-state index contributed by atoms with van der Waals surface area (Å²) in [7, 11) is 1.68. The van der Waals surface area contributed by atoms with Crippen molar-refractivity contribution >= 4 is 17.3 Å². The number of alkyl halides is 1. The first kappa shape index (κ1) is 12.8. The van der Waals surface area contributed by atoms with E-state index in [-0.39, 0.29) is 0 Å². The molecule has 0 atom stereocenters. The van der Waals surface area contributed by atoms with E-state index in [2.05, 4.69) is 11.4 Å². The van der Waals surface area contributed by atoms with Gasteiger partial charge in [-0.05, 0) is 35.4 Å². The van der Waals surface area contributed by atoms with Gasteiger partial charge in [-0.3, -0.25) is 0 Å². The molecule has 0 bridgehead atoms. The van der Waals surface area contributed by atoms with Crippen molar-refractivity contribution in [3.63, 3.8) is 0 Å². The van der Waals surface area contributed by atoms with Gasteiger partial charge in [-0.15, -0.1) is 11.6 Å². The summed E-state index contributed by atoms with van der Waals surface area (Å²) in [6.07, 6.45) is 0. The fraction of sp³-hybridized carbons (Fsp3) is 0.200. The molecule has 0 saturated heterocycles. The van der Waals surface area contributed by atoms with Crippen LogP contribution in [0.4, 0.5) is 5.69 Å². The highest BCUT2D eigenvalue weighted by atomic mass is 35.5. The van der Waals surface area contributed by atoms with E-state index in [1.165, 1.54) is 5.56 Å². The Labute approximate surface area is 113 Å². The Morgan fingerprint density at radius 2 is 1.83 bits per heavy atom. The number of methoxy groups -OCH3 is 1. The van der Waals surface area contributed by atoms with E-state index in [4.69, 9.17) is 16.3 Å². The molecule has 0 aliphatic carbocycles. The highest BCUT2D eigenvalue weighted by molar-refractivity contribution is 6.17. The van der Waals surface area contributed by atoms with Crippen molar-refractivity contribution in [3.05, 3.63) is 59.7 Å². The lowest BCUT2D eigenvalue weighted by Crippen LogP contribution is -1.99. The van der Waals surface area contributed by atoms with Crippen LogP contribution in [0.2, 0.25) is 0 Å². The normalized spacial score (nSPS) is 10.1. The smallest absolute Gasteiger partial charge is 0.119 e. The Hall–Kier alpha value is -1.67. The van der Waals surface area contributed by atoms with Gasteiger partial charge in [-0.2, -0.15) is 0 Å². The third-order valence-corrected chi connectivity index (χ3v) is 3.05. The molecule has 0 aliphatic heterocycles. The average molecular weight is 262 g/mol. The van der Waals surface area contributed by atoms with Crippen LogP contribution in [-0.4, -0.2) is 7.11 Å². The Kier molecular flexibility index (Phi) is 4.48. The molecule has 2 rings (SSSR count). The summed E-state index contributed by atoms with van der Waals surface area (Å²) in [6.45, 7) is 0.775. The van der Waals surface area contributed by atoms with Crippen LogP contribution in [0.1, 0.15) is 11.1 Å². The summed E-state index contributed by atoms with van der Waals surface area (Å²) < 4.78 is 5.19. The average Bonchev–Trinajstić information content (AvgIpc) is 2.46. The monoisotopic (exact) mass is 261 g/mol. The van der Waals surface area contributed by atoms with Crippen molar-refractivity contribution in [1.82, 2.24) is 0 Å². The standard InChI is InChI=1S/C15H16ClNO/c1-18-15-4-2-3-13(9-15)11-17-14-7-5-12(10-16)6-8-14/h2-9,17H,10-11H2,1H3. The molecule has 0 heterocycles. The zero-order chi connectivity index (χ0) is 12.8. The van der Waals surface area contributed by atoms with Gasteiger partial charge in [-0.25, -0.2) is 0 Å². The molecule has 2 aromatic carbocycles. The fourth-order valence-corrected chi connectivity index (χ4v) is 1.88. The maximum Gasteiger partial charge on any atom is 0.119 e. The third-order valence-electron chi connectivity index (χ3n) is 2.74. The van der Waals surface area contributed by atoms with Gasteiger partial charge in [0, 0.05) is 18.1 Å². The van der Waals surface area contributed by atoms with Gasteiger partial charge in [0.15, 0.2) is 0 Å². The zero-order valence-electron chi connectivity index (χ0n) is 10.3. The van der Waals surface area contributed by atoms with Crippen LogP contribution in [-0.2, 0) is 12.4 Å². The molecule has 2 nitrogen and oxygen atoms in total. The predicted octanol–water partition coefficient (Wildman–Crippen LogP) is 4.05. The van der Waals surface area contributed by atoms with Gasteiger partial charge in [0.05, 0.1) is 7.11 Å². The summed E-state index contributed by atoms with van der Waals surface area (Å²) in [4.78, 5) is 0. The predicted molar refractivity (Wildman–Crippen MR) is 76.3 cm³/mol. The molecule has 0 saturated carbocycles.